The SMILES string of the molecule is O=C1C(Sc2ccccc2)=C(N2CCOCC2)C(=O)N1c1ccc(Br)cc1. The standard InChI is InChI=1S/C20H17BrN2O3S/c21-14-6-8-15(9-7-14)23-19(24)17(22-10-12-26-13-11-22)18(20(23)25)27-16-4-2-1-3-5-16/h1-9H,10-13H2. The highest BCUT2D eigenvalue weighted by Gasteiger charge is 2.42. The van der Waals surface area contributed by atoms with Gasteiger partial charge in [0.2, 0.25) is 0 Å². The Bertz CT molecular complexity index is 893. The molecule has 0 unspecified atom stereocenters. The highest BCUT2D eigenvalue weighted by Crippen LogP contribution is 2.39. The summed E-state index contributed by atoms with van der Waals surface area (Å²) in [4.78, 5) is 31.1. The van der Waals surface area contributed by atoms with Gasteiger partial charge in [-0.05, 0) is 36.4 Å². The van der Waals surface area contributed by atoms with Crippen LogP contribution in [0, 0.1) is 0 Å². The number of hydrogen-bond donors (Lipinski definition) is 0. The molecule has 2 aliphatic rings. The van der Waals surface area contributed by atoms with Crippen LogP contribution in [0.5, 0.6) is 0 Å². The molecular formula is C20H17BrN2O3S. The van der Waals surface area contributed by atoms with Gasteiger partial charge in [-0.3, -0.25) is 9.59 Å². The molecule has 0 radical (unpaired) electrons. The van der Waals surface area contributed by atoms with Gasteiger partial charge in [0.25, 0.3) is 11.8 Å². The van der Waals surface area contributed by atoms with E-state index in [1.807, 2.05) is 47.4 Å². The molecular weight excluding hydrogens is 428 g/mol. The third-order valence-corrected chi connectivity index (χ3v) is 6.00. The molecule has 5 nitrogen and oxygen atoms in total. The zero-order chi connectivity index (χ0) is 18.8. The maximum atomic E-state index is 13.2. The van der Waals surface area contributed by atoms with Gasteiger partial charge in [-0.1, -0.05) is 45.9 Å². The largest absolute Gasteiger partial charge is 0.378 e. The fourth-order valence-electron chi connectivity index (χ4n) is 3.09. The molecule has 2 aliphatic heterocycles. The van der Waals surface area contributed by atoms with Crippen molar-refractivity contribution in [3.63, 3.8) is 0 Å². The predicted octanol–water partition coefficient (Wildman–Crippen LogP) is 3.66. The molecule has 0 aromatic heterocycles. The molecule has 138 valence electrons. The first kappa shape index (κ1) is 18.3. The average molecular weight is 445 g/mol. The summed E-state index contributed by atoms with van der Waals surface area (Å²) >= 11 is 4.73. The summed E-state index contributed by atoms with van der Waals surface area (Å²) < 4.78 is 6.31. The minimum absolute atomic E-state index is 0.275. The smallest absolute Gasteiger partial charge is 0.283 e. The Morgan fingerprint density at radius 2 is 1.56 bits per heavy atom. The fourth-order valence-corrected chi connectivity index (χ4v) is 4.37. The van der Waals surface area contributed by atoms with Crippen molar-refractivity contribution in [2.75, 3.05) is 31.2 Å². The normalized spacial score (nSPS) is 17.8. The lowest BCUT2D eigenvalue weighted by molar-refractivity contribution is -0.121. The first-order valence-electron chi connectivity index (χ1n) is 8.59. The number of rotatable bonds is 4. The van der Waals surface area contributed by atoms with E-state index in [0.29, 0.717) is 42.6 Å². The third kappa shape index (κ3) is 3.67. The van der Waals surface area contributed by atoms with Crippen LogP contribution in [0.1, 0.15) is 0 Å². The van der Waals surface area contributed by atoms with Crippen molar-refractivity contribution in [3.05, 3.63) is 69.7 Å². The second kappa shape index (κ2) is 7.88. The minimum Gasteiger partial charge on any atom is -0.378 e. The number of halogens is 1. The minimum atomic E-state index is -0.280. The summed E-state index contributed by atoms with van der Waals surface area (Å²) in [6, 6.07) is 16.8. The molecule has 1 fully saturated rings. The van der Waals surface area contributed by atoms with Crippen molar-refractivity contribution in [1.29, 1.82) is 0 Å². The van der Waals surface area contributed by atoms with Crippen LogP contribution in [-0.2, 0) is 14.3 Å². The molecule has 2 heterocycles. The molecule has 1 saturated heterocycles. The molecule has 0 N–H and O–H groups in total. The van der Waals surface area contributed by atoms with Crippen LogP contribution in [0.3, 0.4) is 0 Å². The maximum Gasteiger partial charge on any atom is 0.283 e. The quantitative estimate of drug-likeness (QED) is 0.673. The average Bonchev–Trinajstić information content (AvgIpc) is 2.94. The predicted molar refractivity (Wildman–Crippen MR) is 108 cm³/mol. The van der Waals surface area contributed by atoms with Gasteiger partial charge in [0, 0.05) is 22.5 Å². The van der Waals surface area contributed by atoms with Crippen LogP contribution in [-0.4, -0.2) is 43.0 Å². The van der Waals surface area contributed by atoms with E-state index in [-0.39, 0.29) is 11.8 Å². The van der Waals surface area contributed by atoms with Crippen LogP contribution in [0.2, 0.25) is 0 Å². The number of imide groups is 1. The van der Waals surface area contributed by atoms with Crippen LogP contribution in [0.25, 0.3) is 0 Å². The number of hydrogen-bond acceptors (Lipinski definition) is 5. The number of morpholine rings is 1. The number of carbonyl (C=O) groups is 2. The molecule has 0 aliphatic carbocycles. The summed E-state index contributed by atoms with van der Waals surface area (Å²) in [5, 5.41) is 0. The lowest BCUT2D eigenvalue weighted by Gasteiger charge is -2.29. The topological polar surface area (TPSA) is 49.9 Å². The molecule has 4 rings (SSSR count). The molecule has 27 heavy (non-hydrogen) atoms. The van der Waals surface area contributed by atoms with Crippen LogP contribution < -0.4 is 4.90 Å². The summed E-state index contributed by atoms with van der Waals surface area (Å²) in [5.41, 5.74) is 1.04. The second-order valence-electron chi connectivity index (χ2n) is 6.11. The Kier molecular flexibility index (Phi) is 5.33. The Balaban J connectivity index is 1.73. The number of benzene rings is 2. The van der Waals surface area contributed by atoms with Gasteiger partial charge < -0.3 is 9.64 Å². The van der Waals surface area contributed by atoms with Gasteiger partial charge in [0.1, 0.15) is 10.6 Å². The number of amides is 2. The van der Waals surface area contributed by atoms with Gasteiger partial charge in [0.05, 0.1) is 18.9 Å². The van der Waals surface area contributed by atoms with Crippen LogP contribution in [0.15, 0.2) is 74.6 Å². The number of ether oxygens (including phenoxy) is 1. The molecule has 0 atom stereocenters. The summed E-state index contributed by atoms with van der Waals surface area (Å²) in [6.45, 7) is 2.29. The van der Waals surface area contributed by atoms with E-state index in [1.54, 1.807) is 12.1 Å². The van der Waals surface area contributed by atoms with Gasteiger partial charge in [0.15, 0.2) is 0 Å². The van der Waals surface area contributed by atoms with Gasteiger partial charge in [-0.25, -0.2) is 4.90 Å². The summed E-state index contributed by atoms with van der Waals surface area (Å²) in [5.74, 6) is -0.555. The second-order valence-corrected chi connectivity index (χ2v) is 8.11. The summed E-state index contributed by atoms with van der Waals surface area (Å²) in [6.07, 6.45) is 0. The Morgan fingerprint density at radius 3 is 2.22 bits per heavy atom. The Hall–Kier alpha value is -2.09. The third-order valence-electron chi connectivity index (χ3n) is 4.39. The highest BCUT2D eigenvalue weighted by molar-refractivity contribution is 9.10. The van der Waals surface area contributed by atoms with E-state index < -0.39 is 0 Å². The van der Waals surface area contributed by atoms with E-state index in [0.717, 1.165) is 9.37 Å². The van der Waals surface area contributed by atoms with E-state index in [9.17, 15) is 9.59 Å². The number of thioether (sulfide) groups is 1. The molecule has 0 bridgehead atoms. The maximum absolute atomic E-state index is 13.2. The lowest BCUT2D eigenvalue weighted by Crippen LogP contribution is -2.40. The van der Waals surface area contributed by atoms with Crippen LogP contribution >= 0.6 is 27.7 Å². The molecule has 2 aromatic carbocycles. The van der Waals surface area contributed by atoms with E-state index >= 15 is 0 Å². The molecule has 2 aromatic rings. The Labute approximate surface area is 170 Å². The molecule has 7 heteroatoms. The van der Waals surface area contributed by atoms with Gasteiger partial charge in [-0.15, -0.1) is 0 Å². The van der Waals surface area contributed by atoms with Crippen molar-refractivity contribution >= 4 is 45.2 Å². The number of carbonyl (C=O) groups excluding carboxylic acids is 2. The lowest BCUT2D eigenvalue weighted by atomic mass is 10.3. The van der Waals surface area contributed by atoms with E-state index in [4.69, 9.17) is 4.74 Å². The number of anilines is 1. The zero-order valence-electron chi connectivity index (χ0n) is 14.4. The zero-order valence-corrected chi connectivity index (χ0v) is 16.8. The van der Waals surface area contributed by atoms with E-state index in [2.05, 4.69) is 15.9 Å². The van der Waals surface area contributed by atoms with Crippen molar-refractivity contribution < 1.29 is 14.3 Å². The van der Waals surface area contributed by atoms with Crippen molar-refractivity contribution in [2.24, 2.45) is 0 Å². The Morgan fingerprint density at radius 1 is 0.889 bits per heavy atom. The first-order chi connectivity index (χ1) is 13.1. The van der Waals surface area contributed by atoms with Gasteiger partial charge in [-0.2, -0.15) is 0 Å². The molecule has 0 spiro atoms. The van der Waals surface area contributed by atoms with Crippen molar-refractivity contribution in [1.82, 2.24) is 4.90 Å². The van der Waals surface area contributed by atoms with Gasteiger partial charge >= 0.3 is 0 Å². The van der Waals surface area contributed by atoms with Crippen molar-refractivity contribution in [2.45, 2.75) is 4.90 Å². The van der Waals surface area contributed by atoms with E-state index in [1.165, 1.54) is 16.7 Å². The molecule has 2 amide bonds. The van der Waals surface area contributed by atoms with Crippen molar-refractivity contribution in [3.8, 4) is 0 Å². The first-order valence-corrected chi connectivity index (χ1v) is 10.2. The number of nitrogens with zero attached hydrogens (tertiary/aromatic N) is 2. The summed E-state index contributed by atoms with van der Waals surface area (Å²) in [7, 11) is 0. The fraction of sp³-hybridized carbons (Fsp3) is 0.200. The monoisotopic (exact) mass is 444 g/mol. The van der Waals surface area contributed by atoms with Crippen LogP contribution in [0.4, 0.5) is 5.69 Å². The molecule has 0 saturated carbocycles. The highest BCUT2D eigenvalue weighted by atomic mass is 79.9.